The minimum Gasteiger partial charge on any atom is -0.360 e. The summed E-state index contributed by atoms with van der Waals surface area (Å²) in [6, 6.07) is 11.1. The number of nitrogens with zero attached hydrogens (tertiary/aromatic N) is 1. The van der Waals surface area contributed by atoms with Crippen molar-refractivity contribution in [3.8, 4) is 0 Å². The number of anilines is 2. The van der Waals surface area contributed by atoms with Gasteiger partial charge in [0.2, 0.25) is 0 Å². The van der Waals surface area contributed by atoms with E-state index in [1.54, 1.807) is 0 Å². The first-order valence-electron chi connectivity index (χ1n) is 8.11. The fraction of sp³-hybridized carbons (Fsp3) is 0.278. The second kappa shape index (κ2) is 7.57. The number of hydrogen-bond acceptors (Lipinski definition) is 2. The summed E-state index contributed by atoms with van der Waals surface area (Å²) < 4.78 is 39.7. The van der Waals surface area contributed by atoms with Gasteiger partial charge in [0.05, 0.1) is 31.9 Å². The fourth-order valence-corrected chi connectivity index (χ4v) is 2.94. The third-order valence-corrected chi connectivity index (χ3v) is 4.29. The lowest BCUT2D eigenvalue weighted by Crippen LogP contribution is -3.15. The van der Waals surface area contributed by atoms with Crippen LogP contribution in [0.2, 0.25) is 0 Å². The molecule has 0 aromatic heterocycles. The van der Waals surface area contributed by atoms with Crippen LogP contribution in [0.4, 0.5) is 24.5 Å². The second-order valence-corrected chi connectivity index (χ2v) is 6.04. The largest absolute Gasteiger partial charge is 0.360 e. The van der Waals surface area contributed by atoms with Crippen molar-refractivity contribution >= 4 is 17.3 Å². The van der Waals surface area contributed by atoms with Crippen LogP contribution in [0.1, 0.15) is 0 Å². The summed E-state index contributed by atoms with van der Waals surface area (Å²) in [5, 5.41) is 2.31. The van der Waals surface area contributed by atoms with E-state index in [1.165, 1.54) is 0 Å². The maximum Gasteiger partial charge on any atom is 0.279 e. The Morgan fingerprint density at radius 2 is 1.64 bits per heavy atom. The fourth-order valence-electron chi connectivity index (χ4n) is 2.94. The van der Waals surface area contributed by atoms with E-state index in [4.69, 9.17) is 0 Å². The monoisotopic (exact) mass is 350 g/mol. The highest BCUT2D eigenvalue weighted by molar-refractivity contribution is 5.91. The van der Waals surface area contributed by atoms with Crippen LogP contribution in [0.25, 0.3) is 0 Å². The van der Waals surface area contributed by atoms with E-state index < -0.39 is 23.4 Å². The summed E-state index contributed by atoms with van der Waals surface area (Å²) in [5.41, 5.74) is 0.807. The predicted octanol–water partition coefficient (Wildman–Crippen LogP) is 1.45. The van der Waals surface area contributed by atoms with Crippen molar-refractivity contribution in [1.29, 1.82) is 0 Å². The Kier molecular flexibility index (Phi) is 5.23. The summed E-state index contributed by atoms with van der Waals surface area (Å²) in [4.78, 5) is 15.4. The van der Waals surface area contributed by atoms with Crippen LogP contribution in [0.5, 0.6) is 0 Å². The quantitative estimate of drug-likeness (QED) is 0.819. The number of piperazine rings is 1. The minimum atomic E-state index is -1.28. The molecule has 4 nitrogen and oxygen atoms in total. The lowest BCUT2D eigenvalue weighted by atomic mass is 10.2. The van der Waals surface area contributed by atoms with E-state index >= 15 is 0 Å². The molecular weight excluding hydrogens is 331 g/mol. The standard InChI is InChI=1S/C18H18F3N3O/c19-14-10-16(21)17(11-15(14)20)22-18(25)12-23-6-8-24(9-7-23)13-4-2-1-3-5-13/h1-5,10-11H,6-9,12H2,(H,22,25)/p+1. The summed E-state index contributed by atoms with van der Waals surface area (Å²) >= 11 is 0. The molecule has 2 aromatic rings. The molecule has 0 spiro atoms. The molecule has 7 heteroatoms. The molecule has 1 aliphatic heterocycles. The van der Waals surface area contributed by atoms with Crippen molar-refractivity contribution in [3.05, 3.63) is 59.9 Å². The number of para-hydroxylation sites is 1. The highest BCUT2D eigenvalue weighted by atomic mass is 19.2. The molecule has 1 amide bonds. The first-order chi connectivity index (χ1) is 12.0. The Hall–Kier alpha value is -2.54. The molecule has 0 unspecified atom stereocenters. The maximum atomic E-state index is 13.6. The summed E-state index contributed by atoms with van der Waals surface area (Å²) in [7, 11) is 0. The lowest BCUT2D eigenvalue weighted by molar-refractivity contribution is -0.892. The molecule has 0 saturated carbocycles. The van der Waals surface area contributed by atoms with Gasteiger partial charge < -0.3 is 15.1 Å². The van der Waals surface area contributed by atoms with E-state index in [9.17, 15) is 18.0 Å². The normalized spacial score (nSPS) is 15.2. The number of nitrogens with one attached hydrogen (secondary N) is 2. The van der Waals surface area contributed by atoms with Gasteiger partial charge in [-0.05, 0) is 12.1 Å². The van der Waals surface area contributed by atoms with E-state index in [0.29, 0.717) is 12.1 Å². The summed E-state index contributed by atoms with van der Waals surface area (Å²) in [6.07, 6.45) is 0. The molecule has 2 aromatic carbocycles. The number of carbonyl (C=O) groups excluding carboxylic acids is 1. The summed E-state index contributed by atoms with van der Waals surface area (Å²) in [5.74, 6) is -3.89. The Morgan fingerprint density at radius 3 is 2.32 bits per heavy atom. The summed E-state index contributed by atoms with van der Waals surface area (Å²) in [6.45, 7) is 3.31. The molecule has 0 atom stereocenters. The zero-order chi connectivity index (χ0) is 17.8. The van der Waals surface area contributed by atoms with Crippen LogP contribution in [-0.2, 0) is 4.79 Å². The van der Waals surface area contributed by atoms with Crippen molar-refractivity contribution in [2.24, 2.45) is 0 Å². The Bertz CT molecular complexity index is 747. The van der Waals surface area contributed by atoms with E-state index in [-0.39, 0.29) is 12.2 Å². The third kappa shape index (κ3) is 4.30. The third-order valence-electron chi connectivity index (χ3n) is 4.29. The number of quaternary nitrogens is 1. The van der Waals surface area contributed by atoms with Gasteiger partial charge in [0, 0.05) is 17.8 Å². The predicted molar refractivity (Wildman–Crippen MR) is 89.2 cm³/mol. The van der Waals surface area contributed by atoms with E-state index in [1.807, 2.05) is 30.3 Å². The zero-order valence-corrected chi connectivity index (χ0v) is 13.6. The Morgan fingerprint density at radius 1 is 1.00 bits per heavy atom. The van der Waals surface area contributed by atoms with Crippen LogP contribution in [0.3, 0.4) is 0 Å². The molecule has 1 aliphatic rings. The van der Waals surface area contributed by atoms with Gasteiger partial charge >= 0.3 is 0 Å². The maximum absolute atomic E-state index is 13.6. The molecule has 0 radical (unpaired) electrons. The van der Waals surface area contributed by atoms with Gasteiger partial charge in [-0.2, -0.15) is 0 Å². The Labute approximate surface area is 143 Å². The topological polar surface area (TPSA) is 36.8 Å². The molecule has 1 heterocycles. The lowest BCUT2D eigenvalue weighted by Gasteiger charge is -2.33. The first kappa shape index (κ1) is 17.3. The molecule has 132 valence electrons. The van der Waals surface area contributed by atoms with Crippen LogP contribution >= 0.6 is 0 Å². The number of hydrogen-bond donors (Lipinski definition) is 2. The van der Waals surface area contributed by atoms with Crippen molar-refractivity contribution in [2.45, 2.75) is 0 Å². The molecule has 25 heavy (non-hydrogen) atoms. The van der Waals surface area contributed by atoms with E-state index in [2.05, 4.69) is 10.2 Å². The van der Waals surface area contributed by atoms with Crippen LogP contribution in [0, 0.1) is 17.5 Å². The number of benzene rings is 2. The van der Waals surface area contributed by atoms with Gasteiger partial charge in [-0.25, -0.2) is 13.2 Å². The minimum absolute atomic E-state index is 0.154. The van der Waals surface area contributed by atoms with Crippen molar-refractivity contribution in [3.63, 3.8) is 0 Å². The van der Waals surface area contributed by atoms with Crippen molar-refractivity contribution < 1.29 is 22.9 Å². The first-order valence-corrected chi connectivity index (χ1v) is 8.11. The molecule has 0 aliphatic carbocycles. The number of amides is 1. The Balaban J connectivity index is 1.52. The molecule has 3 rings (SSSR count). The average molecular weight is 350 g/mol. The van der Waals surface area contributed by atoms with Gasteiger partial charge in [-0.1, -0.05) is 18.2 Å². The molecule has 2 N–H and O–H groups in total. The SMILES string of the molecule is O=C(C[NH+]1CCN(c2ccccc2)CC1)Nc1cc(F)c(F)cc1F. The number of rotatable bonds is 4. The average Bonchev–Trinajstić information content (AvgIpc) is 2.61. The van der Waals surface area contributed by atoms with Crippen LogP contribution in [-0.4, -0.2) is 38.6 Å². The molecule has 0 bridgehead atoms. The number of carbonyl (C=O) groups is 1. The number of halogens is 3. The van der Waals surface area contributed by atoms with Gasteiger partial charge in [0.25, 0.3) is 5.91 Å². The highest BCUT2D eigenvalue weighted by Crippen LogP contribution is 2.18. The smallest absolute Gasteiger partial charge is 0.279 e. The van der Waals surface area contributed by atoms with Gasteiger partial charge in [-0.15, -0.1) is 0 Å². The van der Waals surface area contributed by atoms with Gasteiger partial charge in [-0.3, -0.25) is 4.79 Å². The highest BCUT2D eigenvalue weighted by Gasteiger charge is 2.23. The second-order valence-electron chi connectivity index (χ2n) is 6.04. The van der Waals surface area contributed by atoms with Gasteiger partial charge in [0.15, 0.2) is 18.2 Å². The molecule has 1 saturated heterocycles. The van der Waals surface area contributed by atoms with Crippen molar-refractivity contribution in [2.75, 3.05) is 42.9 Å². The molecular formula is C18H19F3N3O+. The van der Waals surface area contributed by atoms with Gasteiger partial charge in [0.1, 0.15) is 5.82 Å². The zero-order valence-electron chi connectivity index (χ0n) is 13.6. The van der Waals surface area contributed by atoms with Crippen LogP contribution < -0.4 is 15.1 Å². The molecule has 1 fully saturated rings. The van der Waals surface area contributed by atoms with E-state index in [0.717, 1.165) is 36.8 Å². The van der Waals surface area contributed by atoms with Crippen molar-refractivity contribution in [1.82, 2.24) is 0 Å². The van der Waals surface area contributed by atoms with Crippen LogP contribution in [0.15, 0.2) is 42.5 Å².